The van der Waals surface area contributed by atoms with E-state index in [1.807, 2.05) is 0 Å². The van der Waals surface area contributed by atoms with Crippen LogP contribution in [0.4, 0.5) is 4.79 Å². The van der Waals surface area contributed by atoms with Crippen molar-refractivity contribution in [1.82, 2.24) is 10.6 Å². The van der Waals surface area contributed by atoms with Crippen LogP contribution < -0.4 is 16.4 Å². The Kier molecular flexibility index (Phi) is 9.17. The quantitative estimate of drug-likeness (QED) is 0.112. The van der Waals surface area contributed by atoms with Crippen molar-refractivity contribution >= 4 is 12.1 Å². The number of nitrogens with one attached hydrogen (secondary N) is 3. The van der Waals surface area contributed by atoms with E-state index >= 15 is 0 Å². The summed E-state index contributed by atoms with van der Waals surface area (Å²) in [7, 11) is 0. The molecule has 4 aliphatic carbocycles. The Morgan fingerprint density at radius 1 is 1.08 bits per heavy atom. The first kappa shape index (κ1) is 28.3. The number of amides is 1. The highest BCUT2D eigenvalue weighted by Gasteiger charge is 2.58. The van der Waals surface area contributed by atoms with Crippen LogP contribution in [0.2, 0.25) is 0 Å². The number of alkyl carbamates (subject to hydrolysis) is 1. The third-order valence-electron chi connectivity index (χ3n) is 11.1. The minimum Gasteiger partial charge on any atom is -0.446 e. The van der Waals surface area contributed by atoms with Crippen LogP contribution in [-0.4, -0.2) is 31.2 Å². The van der Waals surface area contributed by atoms with Crippen LogP contribution >= 0.6 is 0 Å². The minimum atomic E-state index is -0.315. The minimum absolute atomic E-state index is 0.0122. The molecular formula is C31H54N4O2. The van der Waals surface area contributed by atoms with E-state index in [1.165, 1.54) is 57.8 Å². The van der Waals surface area contributed by atoms with Gasteiger partial charge in [0.05, 0.1) is 0 Å². The molecule has 5 N–H and O–H groups in total. The standard InChI is InChI=1S/C31H54N4O2/c1-21(2)8-5-6-9-22-11-13-26-25-12-10-23-20-24(37-29(36)35-19-7-18-34-28(32)33)14-16-31(23,4)27(25)15-17-30(22,26)3/h10,21-22,24-27H,5-9,11-20H2,1-4H3,(H,35,36)(H4,32,33,34). The second-order valence-corrected chi connectivity index (χ2v) is 13.6. The van der Waals surface area contributed by atoms with Crippen molar-refractivity contribution in [2.45, 2.75) is 117 Å². The van der Waals surface area contributed by atoms with Crippen LogP contribution in [0.5, 0.6) is 0 Å². The SMILES string of the molecule is CC(C)CCCCC1CCC2C3CC=C4CC(OC(=O)NCCCNC(=N)N)CCC4(C)C3CCC12C. The van der Waals surface area contributed by atoms with Gasteiger partial charge in [0.2, 0.25) is 0 Å². The number of guanidine groups is 1. The molecule has 4 rings (SSSR count). The van der Waals surface area contributed by atoms with E-state index in [0.29, 0.717) is 24.9 Å². The number of hydrogen-bond donors (Lipinski definition) is 4. The summed E-state index contributed by atoms with van der Waals surface area (Å²) in [4.78, 5) is 12.4. The zero-order chi connectivity index (χ0) is 26.6. The summed E-state index contributed by atoms with van der Waals surface area (Å²) >= 11 is 0. The van der Waals surface area contributed by atoms with Crippen LogP contribution in [0.3, 0.4) is 0 Å². The molecule has 6 heteroatoms. The van der Waals surface area contributed by atoms with Gasteiger partial charge in [0, 0.05) is 19.5 Å². The van der Waals surface area contributed by atoms with Gasteiger partial charge in [-0.3, -0.25) is 5.41 Å². The number of allylic oxidation sites excluding steroid dienone is 1. The van der Waals surface area contributed by atoms with Crippen molar-refractivity contribution in [3.8, 4) is 0 Å². The summed E-state index contributed by atoms with van der Waals surface area (Å²) in [5.74, 6) is 4.27. The zero-order valence-electron chi connectivity index (χ0n) is 24.0. The molecule has 6 nitrogen and oxygen atoms in total. The number of hydrogen-bond acceptors (Lipinski definition) is 3. The van der Waals surface area contributed by atoms with E-state index in [1.54, 1.807) is 5.57 Å². The highest BCUT2D eigenvalue weighted by molar-refractivity contribution is 5.74. The van der Waals surface area contributed by atoms with E-state index in [2.05, 4.69) is 44.4 Å². The topological polar surface area (TPSA) is 100 Å². The number of nitrogens with two attached hydrogens (primary N) is 1. The first-order valence-corrected chi connectivity index (χ1v) is 15.4. The monoisotopic (exact) mass is 514 g/mol. The van der Waals surface area contributed by atoms with Crippen LogP contribution in [-0.2, 0) is 4.74 Å². The summed E-state index contributed by atoms with van der Waals surface area (Å²) in [6.07, 6.45) is 18.6. The molecule has 0 spiro atoms. The van der Waals surface area contributed by atoms with Crippen molar-refractivity contribution in [3.05, 3.63) is 11.6 Å². The lowest BCUT2D eigenvalue weighted by Crippen LogP contribution is -2.50. The second-order valence-electron chi connectivity index (χ2n) is 13.6. The van der Waals surface area contributed by atoms with Gasteiger partial charge >= 0.3 is 6.09 Å². The number of ether oxygens (including phenoxy) is 1. The van der Waals surface area contributed by atoms with Gasteiger partial charge in [0.25, 0.3) is 0 Å². The molecule has 0 saturated heterocycles. The summed E-state index contributed by atoms with van der Waals surface area (Å²) < 4.78 is 5.83. The molecular weight excluding hydrogens is 460 g/mol. The number of carbonyl (C=O) groups excluding carboxylic acids is 1. The normalized spacial score (nSPS) is 36.7. The number of fused-ring (bicyclic) bond motifs is 5. The fourth-order valence-electron chi connectivity index (χ4n) is 8.95. The van der Waals surface area contributed by atoms with Gasteiger partial charge in [-0.25, -0.2) is 4.79 Å². The van der Waals surface area contributed by atoms with Crippen molar-refractivity contribution in [2.24, 2.45) is 46.2 Å². The van der Waals surface area contributed by atoms with E-state index in [4.69, 9.17) is 15.9 Å². The Morgan fingerprint density at radius 2 is 1.86 bits per heavy atom. The van der Waals surface area contributed by atoms with Crippen molar-refractivity contribution in [3.63, 3.8) is 0 Å². The van der Waals surface area contributed by atoms with E-state index < -0.39 is 0 Å². The number of rotatable bonds is 10. The maximum atomic E-state index is 12.4. The number of unbranched alkanes of at least 4 members (excludes halogenated alkanes) is 1. The predicted molar refractivity (Wildman–Crippen MR) is 151 cm³/mol. The second kappa shape index (κ2) is 12.0. The smallest absolute Gasteiger partial charge is 0.407 e. The Labute approximate surface area is 225 Å². The largest absolute Gasteiger partial charge is 0.446 e. The van der Waals surface area contributed by atoms with Crippen LogP contribution in [0.25, 0.3) is 0 Å². The average Bonchev–Trinajstić information content (AvgIpc) is 3.17. The molecule has 210 valence electrons. The predicted octanol–water partition coefficient (Wildman–Crippen LogP) is 6.75. The first-order chi connectivity index (χ1) is 17.6. The van der Waals surface area contributed by atoms with Crippen molar-refractivity contribution in [1.29, 1.82) is 5.41 Å². The molecule has 3 saturated carbocycles. The lowest BCUT2D eigenvalue weighted by molar-refractivity contribution is -0.0519. The highest BCUT2D eigenvalue weighted by Crippen LogP contribution is 2.66. The molecule has 7 atom stereocenters. The molecule has 0 bridgehead atoms. The Hall–Kier alpha value is -1.72. The summed E-state index contributed by atoms with van der Waals surface area (Å²) in [6.45, 7) is 11.0. The molecule has 3 fully saturated rings. The Balaban J connectivity index is 1.30. The molecule has 0 aromatic heterocycles. The van der Waals surface area contributed by atoms with E-state index in [9.17, 15) is 4.79 Å². The molecule has 7 unspecified atom stereocenters. The third-order valence-corrected chi connectivity index (χ3v) is 11.1. The summed E-state index contributed by atoms with van der Waals surface area (Å²) in [5.41, 5.74) is 7.69. The molecule has 4 aliphatic rings. The van der Waals surface area contributed by atoms with E-state index in [-0.39, 0.29) is 23.6 Å². The van der Waals surface area contributed by atoms with Gasteiger partial charge in [0.15, 0.2) is 5.96 Å². The van der Waals surface area contributed by atoms with Gasteiger partial charge in [-0.15, -0.1) is 0 Å². The summed E-state index contributed by atoms with van der Waals surface area (Å²) in [6, 6.07) is 0. The lowest BCUT2D eigenvalue weighted by atomic mass is 9.47. The Morgan fingerprint density at radius 3 is 2.62 bits per heavy atom. The molecule has 1 amide bonds. The molecule has 0 heterocycles. The van der Waals surface area contributed by atoms with Gasteiger partial charge in [-0.2, -0.15) is 0 Å². The Bertz CT molecular complexity index is 841. The fourth-order valence-corrected chi connectivity index (χ4v) is 8.95. The third kappa shape index (κ3) is 6.30. The molecule has 37 heavy (non-hydrogen) atoms. The zero-order valence-corrected chi connectivity index (χ0v) is 24.0. The van der Waals surface area contributed by atoms with Crippen LogP contribution in [0.15, 0.2) is 11.6 Å². The molecule has 0 aliphatic heterocycles. The average molecular weight is 515 g/mol. The molecule has 0 aromatic rings. The van der Waals surface area contributed by atoms with Gasteiger partial charge in [-0.1, -0.05) is 58.6 Å². The van der Waals surface area contributed by atoms with Gasteiger partial charge < -0.3 is 21.1 Å². The van der Waals surface area contributed by atoms with Crippen LogP contribution in [0.1, 0.15) is 111 Å². The number of carbonyl (C=O) groups is 1. The van der Waals surface area contributed by atoms with Crippen molar-refractivity contribution < 1.29 is 9.53 Å². The lowest BCUT2D eigenvalue weighted by Gasteiger charge is -2.58. The maximum absolute atomic E-state index is 12.4. The van der Waals surface area contributed by atoms with Crippen LogP contribution in [0, 0.1) is 45.8 Å². The van der Waals surface area contributed by atoms with E-state index in [0.717, 1.165) is 48.9 Å². The highest BCUT2D eigenvalue weighted by atomic mass is 16.6. The van der Waals surface area contributed by atoms with Gasteiger partial charge in [0.1, 0.15) is 6.10 Å². The first-order valence-electron chi connectivity index (χ1n) is 15.4. The van der Waals surface area contributed by atoms with Crippen molar-refractivity contribution in [2.75, 3.05) is 13.1 Å². The molecule has 0 aromatic carbocycles. The fraction of sp³-hybridized carbons (Fsp3) is 0.871. The summed E-state index contributed by atoms with van der Waals surface area (Å²) in [5, 5.41) is 12.8. The maximum Gasteiger partial charge on any atom is 0.407 e. The van der Waals surface area contributed by atoms with Gasteiger partial charge in [-0.05, 0) is 98.2 Å². The molecule has 0 radical (unpaired) electrons.